The number of ether oxygens (including phenoxy) is 4. The van der Waals surface area contributed by atoms with Crippen molar-refractivity contribution in [3.8, 4) is 17.2 Å². The van der Waals surface area contributed by atoms with Gasteiger partial charge in [0.15, 0.2) is 16.3 Å². The Morgan fingerprint density at radius 3 is 2.49 bits per heavy atom. The van der Waals surface area contributed by atoms with Gasteiger partial charge in [-0.3, -0.25) is 9.36 Å². The molecule has 0 radical (unpaired) electrons. The zero-order valence-electron chi connectivity index (χ0n) is 24.3. The van der Waals surface area contributed by atoms with Crippen LogP contribution in [-0.4, -0.2) is 30.9 Å². The minimum atomic E-state index is -0.781. The zero-order chi connectivity index (χ0) is 30.5. The van der Waals surface area contributed by atoms with E-state index < -0.39 is 12.0 Å². The highest BCUT2D eigenvalue weighted by Gasteiger charge is 2.35. The van der Waals surface area contributed by atoms with Crippen molar-refractivity contribution in [2.75, 3.05) is 20.3 Å². The van der Waals surface area contributed by atoms with Gasteiger partial charge >= 0.3 is 5.97 Å². The summed E-state index contributed by atoms with van der Waals surface area (Å²) in [6, 6.07) is 18.0. The van der Waals surface area contributed by atoms with Crippen LogP contribution in [0.5, 0.6) is 17.2 Å². The predicted octanol–water partition coefficient (Wildman–Crippen LogP) is 4.92. The van der Waals surface area contributed by atoms with Gasteiger partial charge in [-0.25, -0.2) is 14.2 Å². The van der Waals surface area contributed by atoms with E-state index in [1.165, 1.54) is 35.1 Å². The first kappa shape index (κ1) is 29.8. The van der Waals surface area contributed by atoms with Gasteiger partial charge in [0.1, 0.15) is 24.2 Å². The summed E-state index contributed by atoms with van der Waals surface area (Å²) in [5, 5.41) is 0. The molecule has 10 heteroatoms. The number of benzene rings is 3. The fourth-order valence-electron chi connectivity index (χ4n) is 4.87. The number of carbonyl (C=O) groups is 1. The minimum absolute atomic E-state index is 0.186. The molecule has 1 atom stereocenters. The van der Waals surface area contributed by atoms with Crippen molar-refractivity contribution in [1.29, 1.82) is 0 Å². The van der Waals surface area contributed by atoms with Gasteiger partial charge in [0, 0.05) is 5.56 Å². The van der Waals surface area contributed by atoms with E-state index in [2.05, 4.69) is 4.99 Å². The molecule has 0 N–H and O–H groups in total. The maximum atomic E-state index is 14.0. The second-order valence-electron chi connectivity index (χ2n) is 9.60. The van der Waals surface area contributed by atoms with Crippen molar-refractivity contribution >= 4 is 23.4 Å². The molecule has 0 spiro atoms. The lowest BCUT2D eigenvalue weighted by Gasteiger charge is -2.26. The Labute approximate surface area is 252 Å². The first-order chi connectivity index (χ1) is 20.8. The molecule has 0 amide bonds. The average Bonchev–Trinajstić information content (AvgIpc) is 3.30. The number of esters is 1. The second kappa shape index (κ2) is 13.1. The van der Waals surface area contributed by atoms with E-state index in [1.807, 2.05) is 37.3 Å². The Bertz CT molecular complexity index is 1860. The van der Waals surface area contributed by atoms with Gasteiger partial charge in [-0.05, 0) is 68.3 Å². The molecule has 1 aliphatic heterocycles. The summed E-state index contributed by atoms with van der Waals surface area (Å²) >= 11 is 1.23. The summed E-state index contributed by atoms with van der Waals surface area (Å²) in [5.74, 6) is 0.714. The molecule has 1 aliphatic rings. The summed E-state index contributed by atoms with van der Waals surface area (Å²) in [7, 11) is 1.53. The lowest BCUT2D eigenvalue weighted by Crippen LogP contribution is -2.40. The summed E-state index contributed by atoms with van der Waals surface area (Å²) in [5.41, 5.74) is 2.66. The standard InChI is InChI=1S/C33H31FN2O6S/c1-5-40-25-10-8-7-9-24(25)30-29(32(38)41-6-2)20(3)35-33-36(30)31(37)28(43-33)18-22-13-16-26(27(17-22)39-4)42-19-21-11-14-23(34)15-12-21/h7-18,30H,5-6,19H2,1-4H3/b28-18-/t30-/m1/s1. The number of hydrogen-bond acceptors (Lipinski definition) is 8. The third-order valence-corrected chi connectivity index (χ3v) is 7.81. The van der Waals surface area contributed by atoms with E-state index in [9.17, 15) is 14.0 Å². The van der Waals surface area contributed by atoms with Gasteiger partial charge in [0.05, 0.1) is 36.1 Å². The van der Waals surface area contributed by atoms with Crippen LogP contribution in [0.15, 0.2) is 87.8 Å². The number of carbonyl (C=O) groups excluding carboxylic acids is 1. The van der Waals surface area contributed by atoms with Crippen LogP contribution in [0.3, 0.4) is 0 Å². The molecule has 0 saturated heterocycles. The predicted molar refractivity (Wildman–Crippen MR) is 162 cm³/mol. The topological polar surface area (TPSA) is 88.4 Å². The first-order valence-electron chi connectivity index (χ1n) is 13.8. The molecule has 4 aromatic rings. The first-order valence-corrected chi connectivity index (χ1v) is 14.6. The van der Waals surface area contributed by atoms with E-state index >= 15 is 0 Å². The summed E-state index contributed by atoms with van der Waals surface area (Å²) < 4.78 is 37.9. The van der Waals surface area contributed by atoms with Crippen LogP contribution in [0.1, 0.15) is 43.5 Å². The monoisotopic (exact) mass is 602 g/mol. The summed E-state index contributed by atoms with van der Waals surface area (Å²) in [4.78, 5) is 32.3. The van der Waals surface area contributed by atoms with Crippen LogP contribution in [0.2, 0.25) is 0 Å². The Kier molecular flexibility index (Phi) is 9.06. The molecular weight excluding hydrogens is 571 g/mol. The normalized spacial score (nSPS) is 14.6. The van der Waals surface area contributed by atoms with Gasteiger partial charge in [-0.1, -0.05) is 47.7 Å². The van der Waals surface area contributed by atoms with Crippen molar-refractivity contribution in [2.45, 2.75) is 33.4 Å². The number of para-hydroxylation sites is 1. The number of methoxy groups -OCH3 is 1. The lowest BCUT2D eigenvalue weighted by molar-refractivity contribution is -0.139. The van der Waals surface area contributed by atoms with Gasteiger partial charge in [0.2, 0.25) is 0 Å². The van der Waals surface area contributed by atoms with Crippen LogP contribution in [0.4, 0.5) is 4.39 Å². The molecule has 5 rings (SSSR count). The van der Waals surface area contributed by atoms with Crippen molar-refractivity contribution in [1.82, 2.24) is 4.57 Å². The quantitative estimate of drug-likeness (QED) is 0.240. The fraction of sp³-hybridized carbons (Fsp3) is 0.242. The molecule has 222 valence electrons. The Morgan fingerprint density at radius 1 is 1.00 bits per heavy atom. The molecule has 1 aromatic heterocycles. The van der Waals surface area contributed by atoms with Crippen LogP contribution in [0.25, 0.3) is 6.08 Å². The van der Waals surface area contributed by atoms with Gasteiger partial charge in [0.25, 0.3) is 5.56 Å². The smallest absolute Gasteiger partial charge is 0.338 e. The molecule has 8 nitrogen and oxygen atoms in total. The van der Waals surface area contributed by atoms with E-state index in [0.717, 1.165) is 5.56 Å². The number of thiazole rings is 1. The second-order valence-corrected chi connectivity index (χ2v) is 10.6. The van der Waals surface area contributed by atoms with E-state index in [4.69, 9.17) is 18.9 Å². The molecule has 2 heterocycles. The van der Waals surface area contributed by atoms with Crippen molar-refractivity contribution in [3.63, 3.8) is 0 Å². The molecule has 0 fully saturated rings. The van der Waals surface area contributed by atoms with Crippen LogP contribution in [0, 0.1) is 5.82 Å². The van der Waals surface area contributed by atoms with Gasteiger partial charge in [-0.15, -0.1) is 0 Å². The SMILES string of the molecule is CCOC(=O)C1=C(C)N=c2s/c(=C\c3ccc(OCc4ccc(F)cc4)c(OC)c3)c(=O)n2[C@@H]1c1ccccc1OCC. The number of allylic oxidation sites excluding steroid dienone is 1. The van der Waals surface area contributed by atoms with Crippen molar-refractivity contribution in [2.24, 2.45) is 4.99 Å². The summed E-state index contributed by atoms with van der Waals surface area (Å²) in [6.07, 6.45) is 1.75. The average molecular weight is 603 g/mol. The van der Waals surface area contributed by atoms with E-state index in [1.54, 1.807) is 44.2 Å². The number of fused-ring (bicyclic) bond motifs is 1. The largest absolute Gasteiger partial charge is 0.494 e. The van der Waals surface area contributed by atoms with Gasteiger partial charge < -0.3 is 18.9 Å². The number of halogens is 1. The van der Waals surface area contributed by atoms with Crippen LogP contribution < -0.4 is 29.1 Å². The van der Waals surface area contributed by atoms with Crippen molar-refractivity contribution in [3.05, 3.63) is 120 Å². The number of hydrogen-bond donors (Lipinski definition) is 0. The highest BCUT2D eigenvalue weighted by atomic mass is 32.1. The lowest BCUT2D eigenvalue weighted by atomic mass is 9.95. The maximum absolute atomic E-state index is 14.0. The Morgan fingerprint density at radius 2 is 1.77 bits per heavy atom. The Balaban J connectivity index is 1.56. The molecule has 0 bridgehead atoms. The maximum Gasteiger partial charge on any atom is 0.338 e. The van der Waals surface area contributed by atoms with Crippen LogP contribution >= 0.6 is 11.3 Å². The molecule has 43 heavy (non-hydrogen) atoms. The number of nitrogens with zero attached hydrogens (tertiary/aromatic N) is 2. The summed E-state index contributed by atoms with van der Waals surface area (Å²) in [6.45, 7) is 6.20. The third kappa shape index (κ3) is 6.24. The highest BCUT2D eigenvalue weighted by Crippen LogP contribution is 2.36. The molecular formula is C33H31FN2O6S. The minimum Gasteiger partial charge on any atom is -0.494 e. The third-order valence-electron chi connectivity index (χ3n) is 6.82. The number of rotatable bonds is 10. The zero-order valence-corrected chi connectivity index (χ0v) is 25.1. The van der Waals surface area contributed by atoms with E-state index in [-0.39, 0.29) is 30.2 Å². The number of aromatic nitrogens is 1. The Hall–Kier alpha value is -4.70. The highest BCUT2D eigenvalue weighted by molar-refractivity contribution is 7.07. The van der Waals surface area contributed by atoms with Gasteiger partial charge in [-0.2, -0.15) is 0 Å². The van der Waals surface area contributed by atoms with E-state index in [0.29, 0.717) is 50.0 Å². The molecule has 0 aliphatic carbocycles. The molecule has 0 saturated carbocycles. The fourth-order valence-corrected chi connectivity index (χ4v) is 5.91. The van der Waals surface area contributed by atoms with Crippen LogP contribution in [-0.2, 0) is 16.1 Å². The van der Waals surface area contributed by atoms with Crippen molar-refractivity contribution < 1.29 is 28.1 Å². The molecule has 3 aromatic carbocycles. The molecule has 0 unspecified atom stereocenters.